The standard InChI is InChI=1S/C6H14NO4P/c1-6(8)7-4-2-3-5-12(9,10)11/h2-5H2,1H3,(H,7,8)(H2,9,10,11). The highest BCUT2D eigenvalue weighted by molar-refractivity contribution is 7.51. The SMILES string of the molecule is CC(=O)NCCCCP(=O)(O)O. The van der Waals surface area contributed by atoms with Gasteiger partial charge in [0, 0.05) is 19.6 Å². The van der Waals surface area contributed by atoms with E-state index in [0.29, 0.717) is 19.4 Å². The lowest BCUT2D eigenvalue weighted by Crippen LogP contribution is -2.20. The summed E-state index contributed by atoms with van der Waals surface area (Å²) in [5.74, 6) is -0.119. The average molecular weight is 195 g/mol. The van der Waals surface area contributed by atoms with Gasteiger partial charge in [0.05, 0.1) is 0 Å². The van der Waals surface area contributed by atoms with Gasteiger partial charge in [-0.25, -0.2) is 0 Å². The first kappa shape index (κ1) is 11.6. The Morgan fingerprint density at radius 3 is 2.42 bits per heavy atom. The molecule has 0 aliphatic carbocycles. The molecule has 5 nitrogen and oxygen atoms in total. The van der Waals surface area contributed by atoms with Crippen LogP contribution in [0.3, 0.4) is 0 Å². The molecule has 0 fully saturated rings. The number of amides is 1. The third kappa shape index (κ3) is 9.62. The van der Waals surface area contributed by atoms with Gasteiger partial charge >= 0.3 is 7.60 Å². The predicted octanol–water partition coefficient (Wildman–Crippen LogP) is 0.0804. The van der Waals surface area contributed by atoms with Crippen LogP contribution in [0, 0.1) is 0 Å². The van der Waals surface area contributed by atoms with Crippen LogP contribution in [0.2, 0.25) is 0 Å². The minimum Gasteiger partial charge on any atom is -0.356 e. The van der Waals surface area contributed by atoms with Crippen molar-refractivity contribution in [2.24, 2.45) is 0 Å². The van der Waals surface area contributed by atoms with Crippen LogP contribution in [0.15, 0.2) is 0 Å². The number of hydrogen-bond donors (Lipinski definition) is 3. The number of hydrogen-bond acceptors (Lipinski definition) is 2. The van der Waals surface area contributed by atoms with E-state index in [9.17, 15) is 9.36 Å². The highest BCUT2D eigenvalue weighted by atomic mass is 31.2. The number of unbranched alkanes of at least 4 members (excludes halogenated alkanes) is 1. The molecule has 72 valence electrons. The third-order valence-electron chi connectivity index (χ3n) is 1.25. The molecule has 0 atom stereocenters. The number of carbonyl (C=O) groups excluding carboxylic acids is 1. The Hall–Kier alpha value is -0.380. The zero-order chi connectivity index (χ0) is 9.61. The molecule has 0 aromatic rings. The summed E-state index contributed by atoms with van der Waals surface area (Å²) in [6.07, 6.45) is 0.932. The summed E-state index contributed by atoms with van der Waals surface area (Å²) in [4.78, 5) is 27.2. The summed E-state index contributed by atoms with van der Waals surface area (Å²) in [6, 6.07) is 0. The lowest BCUT2D eigenvalue weighted by molar-refractivity contribution is -0.118. The van der Waals surface area contributed by atoms with Crippen molar-refractivity contribution < 1.29 is 19.1 Å². The van der Waals surface area contributed by atoms with E-state index in [0.717, 1.165) is 0 Å². The lowest BCUT2D eigenvalue weighted by atomic mass is 10.3. The molecule has 0 rings (SSSR count). The average Bonchev–Trinajstić information content (AvgIpc) is 1.83. The molecule has 0 aliphatic heterocycles. The van der Waals surface area contributed by atoms with Crippen molar-refractivity contribution >= 4 is 13.5 Å². The molecular weight excluding hydrogens is 181 g/mol. The lowest BCUT2D eigenvalue weighted by Gasteiger charge is -2.03. The third-order valence-corrected chi connectivity index (χ3v) is 2.15. The topological polar surface area (TPSA) is 86.6 Å². The molecule has 0 bridgehead atoms. The van der Waals surface area contributed by atoms with Crippen molar-refractivity contribution in [3.8, 4) is 0 Å². The van der Waals surface area contributed by atoms with Crippen molar-refractivity contribution in [1.82, 2.24) is 5.32 Å². The van der Waals surface area contributed by atoms with Crippen LogP contribution in [0.25, 0.3) is 0 Å². The van der Waals surface area contributed by atoms with Crippen LogP contribution in [-0.4, -0.2) is 28.4 Å². The fourth-order valence-corrected chi connectivity index (χ4v) is 1.34. The smallest absolute Gasteiger partial charge is 0.325 e. The summed E-state index contributed by atoms with van der Waals surface area (Å²) in [6.45, 7) is 1.89. The van der Waals surface area contributed by atoms with Gasteiger partial charge in [0.1, 0.15) is 0 Å². The van der Waals surface area contributed by atoms with Crippen molar-refractivity contribution in [1.29, 1.82) is 0 Å². The van der Waals surface area contributed by atoms with Gasteiger partial charge in [-0.2, -0.15) is 0 Å². The van der Waals surface area contributed by atoms with E-state index >= 15 is 0 Å². The van der Waals surface area contributed by atoms with Gasteiger partial charge in [-0.3, -0.25) is 9.36 Å². The first-order valence-electron chi connectivity index (χ1n) is 3.71. The Kier molecular flexibility index (Phi) is 5.13. The summed E-state index contributed by atoms with van der Waals surface area (Å²) in [5.41, 5.74) is 0. The largest absolute Gasteiger partial charge is 0.356 e. The molecule has 0 spiro atoms. The summed E-state index contributed by atoms with van der Waals surface area (Å²) >= 11 is 0. The number of rotatable bonds is 5. The quantitative estimate of drug-likeness (QED) is 0.428. The molecule has 12 heavy (non-hydrogen) atoms. The van der Waals surface area contributed by atoms with Crippen LogP contribution < -0.4 is 5.32 Å². The summed E-state index contributed by atoms with van der Waals surface area (Å²) in [5, 5.41) is 2.54. The van der Waals surface area contributed by atoms with Gasteiger partial charge in [0.15, 0.2) is 0 Å². The zero-order valence-corrected chi connectivity index (χ0v) is 7.88. The van der Waals surface area contributed by atoms with Gasteiger partial charge < -0.3 is 15.1 Å². The number of nitrogens with one attached hydrogen (secondary N) is 1. The van der Waals surface area contributed by atoms with Gasteiger partial charge in [-0.05, 0) is 12.8 Å². The van der Waals surface area contributed by atoms with Crippen LogP contribution in [0.5, 0.6) is 0 Å². The maximum Gasteiger partial charge on any atom is 0.325 e. The zero-order valence-electron chi connectivity index (χ0n) is 6.99. The van der Waals surface area contributed by atoms with E-state index in [1.807, 2.05) is 0 Å². The summed E-state index contributed by atoms with van der Waals surface area (Å²) in [7, 11) is -3.84. The molecule has 0 aliphatic rings. The Labute approximate surface area is 71.3 Å². The molecule has 0 heterocycles. The molecule has 0 saturated heterocycles. The van der Waals surface area contributed by atoms with Crippen molar-refractivity contribution in [3.05, 3.63) is 0 Å². The van der Waals surface area contributed by atoms with E-state index in [-0.39, 0.29) is 12.1 Å². The van der Waals surface area contributed by atoms with E-state index in [4.69, 9.17) is 9.79 Å². The van der Waals surface area contributed by atoms with Crippen LogP contribution in [0.4, 0.5) is 0 Å². The maximum absolute atomic E-state index is 10.3. The normalized spacial score (nSPS) is 11.2. The fraction of sp³-hybridized carbons (Fsp3) is 0.833. The minimum absolute atomic E-state index is 0.105. The van der Waals surface area contributed by atoms with Gasteiger partial charge in [-0.1, -0.05) is 0 Å². The van der Waals surface area contributed by atoms with Crippen LogP contribution in [-0.2, 0) is 9.36 Å². The molecule has 0 saturated carbocycles. The number of carbonyl (C=O) groups is 1. The van der Waals surface area contributed by atoms with Gasteiger partial charge in [0.25, 0.3) is 0 Å². The Bertz CT molecular complexity index is 188. The van der Waals surface area contributed by atoms with E-state index in [1.54, 1.807) is 0 Å². The Morgan fingerprint density at radius 2 is 2.00 bits per heavy atom. The maximum atomic E-state index is 10.3. The van der Waals surface area contributed by atoms with E-state index in [1.165, 1.54) is 6.92 Å². The van der Waals surface area contributed by atoms with Gasteiger partial charge in [0.2, 0.25) is 5.91 Å². The van der Waals surface area contributed by atoms with E-state index < -0.39 is 7.60 Å². The molecule has 6 heteroatoms. The Balaban J connectivity index is 3.23. The van der Waals surface area contributed by atoms with E-state index in [2.05, 4.69) is 5.32 Å². The Morgan fingerprint density at radius 1 is 1.42 bits per heavy atom. The van der Waals surface area contributed by atoms with Crippen molar-refractivity contribution in [3.63, 3.8) is 0 Å². The molecule has 0 radical (unpaired) electrons. The highest BCUT2D eigenvalue weighted by Crippen LogP contribution is 2.35. The molecular formula is C6H14NO4P. The molecule has 3 N–H and O–H groups in total. The fourth-order valence-electron chi connectivity index (χ4n) is 0.707. The van der Waals surface area contributed by atoms with Crippen molar-refractivity contribution in [2.45, 2.75) is 19.8 Å². The van der Waals surface area contributed by atoms with Gasteiger partial charge in [-0.15, -0.1) is 0 Å². The molecule has 1 amide bonds. The van der Waals surface area contributed by atoms with Crippen LogP contribution >= 0.6 is 7.60 Å². The minimum atomic E-state index is -3.84. The summed E-state index contributed by atoms with van der Waals surface area (Å²) < 4.78 is 10.3. The molecule has 0 aromatic heterocycles. The first-order chi connectivity index (χ1) is 5.42. The first-order valence-corrected chi connectivity index (χ1v) is 5.50. The molecule has 0 unspecified atom stereocenters. The monoisotopic (exact) mass is 195 g/mol. The van der Waals surface area contributed by atoms with Crippen molar-refractivity contribution in [2.75, 3.05) is 12.7 Å². The highest BCUT2D eigenvalue weighted by Gasteiger charge is 2.10. The second-order valence-corrected chi connectivity index (χ2v) is 4.35. The predicted molar refractivity (Wildman–Crippen MR) is 44.8 cm³/mol. The van der Waals surface area contributed by atoms with Crippen LogP contribution in [0.1, 0.15) is 19.8 Å². The second-order valence-electron chi connectivity index (χ2n) is 2.58. The second kappa shape index (κ2) is 5.30. The molecule has 0 aromatic carbocycles.